The van der Waals surface area contributed by atoms with Gasteiger partial charge in [-0.2, -0.15) is 0 Å². The molecule has 1 amide bonds. The van der Waals surface area contributed by atoms with Crippen molar-refractivity contribution < 1.29 is 4.79 Å². The first-order chi connectivity index (χ1) is 6.22. The molecule has 0 saturated heterocycles. The lowest BCUT2D eigenvalue weighted by molar-refractivity contribution is 0.0981. The average molecular weight is 173 g/mol. The fourth-order valence-corrected chi connectivity index (χ4v) is 1.53. The highest BCUT2D eigenvalue weighted by molar-refractivity contribution is 6.08. The normalized spacial score (nSPS) is 14.2. The van der Waals surface area contributed by atoms with Gasteiger partial charge in [-0.1, -0.05) is 25.6 Å². The van der Waals surface area contributed by atoms with Crippen LogP contribution in [-0.2, 0) is 6.42 Å². The molecule has 1 aromatic rings. The number of hydrogen-bond donors (Lipinski definition) is 1. The molecule has 0 aliphatic carbocycles. The maximum absolute atomic E-state index is 11.4. The Kier molecular flexibility index (Phi) is 1.69. The fraction of sp³-hybridized carbons (Fsp3) is 0.182. The number of fused-ring (bicyclic) bond motifs is 1. The summed E-state index contributed by atoms with van der Waals surface area (Å²) < 4.78 is 0. The van der Waals surface area contributed by atoms with E-state index in [0.29, 0.717) is 5.70 Å². The first kappa shape index (κ1) is 8.05. The zero-order valence-corrected chi connectivity index (χ0v) is 7.55. The van der Waals surface area contributed by atoms with Gasteiger partial charge in [-0.15, -0.1) is 0 Å². The zero-order valence-electron chi connectivity index (χ0n) is 7.55. The van der Waals surface area contributed by atoms with Crippen molar-refractivity contribution in [2.75, 3.05) is 0 Å². The molecule has 0 spiro atoms. The Morgan fingerprint density at radius 3 is 2.85 bits per heavy atom. The van der Waals surface area contributed by atoms with Gasteiger partial charge in [0.15, 0.2) is 0 Å². The molecule has 1 N–H and O–H groups in total. The third-order valence-corrected chi connectivity index (χ3v) is 2.33. The van der Waals surface area contributed by atoms with Gasteiger partial charge in [0.1, 0.15) is 0 Å². The highest BCUT2D eigenvalue weighted by Gasteiger charge is 2.21. The number of carbonyl (C=O) groups excluding carboxylic acids is 1. The molecule has 1 heterocycles. The van der Waals surface area contributed by atoms with Crippen molar-refractivity contribution in [3.05, 3.63) is 41.5 Å². The molecule has 1 aromatic carbocycles. The van der Waals surface area contributed by atoms with Crippen molar-refractivity contribution in [3.63, 3.8) is 0 Å². The van der Waals surface area contributed by atoms with Crippen molar-refractivity contribution in [1.82, 2.24) is 5.32 Å². The number of carbonyl (C=O) groups is 1. The van der Waals surface area contributed by atoms with Crippen LogP contribution in [0.15, 0.2) is 24.8 Å². The minimum atomic E-state index is -0.0321. The summed E-state index contributed by atoms with van der Waals surface area (Å²) in [6.07, 6.45) is 0.951. The van der Waals surface area contributed by atoms with Crippen LogP contribution in [0.4, 0.5) is 0 Å². The molecule has 0 unspecified atom stereocenters. The molecule has 0 saturated carbocycles. The second-order valence-corrected chi connectivity index (χ2v) is 3.17. The van der Waals surface area contributed by atoms with E-state index in [0.717, 1.165) is 17.5 Å². The van der Waals surface area contributed by atoms with Crippen LogP contribution in [0.5, 0.6) is 0 Å². The van der Waals surface area contributed by atoms with Crippen LogP contribution < -0.4 is 5.32 Å². The van der Waals surface area contributed by atoms with E-state index in [1.165, 1.54) is 5.56 Å². The van der Waals surface area contributed by atoms with Gasteiger partial charge in [0.25, 0.3) is 5.91 Å². The molecule has 2 nitrogen and oxygen atoms in total. The molecular weight excluding hydrogens is 162 g/mol. The Labute approximate surface area is 77.3 Å². The number of benzene rings is 1. The number of nitrogens with one attached hydrogen (secondary N) is 1. The predicted octanol–water partition coefficient (Wildman–Crippen LogP) is 1.96. The van der Waals surface area contributed by atoms with Crippen LogP contribution in [0.3, 0.4) is 0 Å². The highest BCUT2D eigenvalue weighted by Crippen LogP contribution is 2.23. The van der Waals surface area contributed by atoms with E-state index >= 15 is 0 Å². The minimum absolute atomic E-state index is 0.0321. The van der Waals surface area contributed by atoms with E-state index in [4.69, 9.17) is 0 Å². The maximum atomic E-state index is 11.4. The Hall–Kier alpha value is -1.57. The van der Waals surface area contributed by atoms with Crippen molar-refractivity contribution in [3.8, 4) is 0 Å². The summed E-state index contributed by atoms with van der Waals surface area (Å²) in [5, 5.41) is 2.70. The van der Waals surface area contributed by atoms with Gasteiger partial charge in [-0.25, -0.2) is 0 Å². The van der Waals surface area contributed by atoms with Gasteiger partial charge in [0, 0.05) is 16.8 Å². The van der Waals surface area contributed by atoms with Gasteiger partial charge in [0.2, 0.25) is 0 Å². The Balaban J connectivity index is 2.58. The van der Waals surface area contributed by atoms with Gasteiger partial charge in [-0.05, 0) is 18.1 Å². The first-order valence-electron chi connectivity index (χ1n) is 4.36. The Bertz CT molecular complexity index is 393. The van der Waals surface area contributed by atoms with Gasteiger partial charge >= 0.3 is 0 Å². The standard InChI is InChI=1S/C11H11NO/c1-3-8-4-5-9-7(2)12-11(13)10(9)6-8/h4-6H,2-3H2,1H3,(H,12,13). The minimum Gasteiger partial charge on any atom is -0.322 e. The van der Waals surface area contributed by atoms with Crippen LogP contribution in [0, 0.1) is 0 Å². The third-order valence-electron chi connectivity index (χ3n) is 2.33. The zero-order chi connectivity index (χ0) is 9.42. The molecule has 0 fully saturated rings. The molecule has 0 atom stereocenters. The van der Waals surface area contributed by atoms with Crippen molar-refractivity contribution >= 4 is 11.6 Å². The maximum Gasteiger partial charge on any atom is 0.256 e. The molecule has 0 bridgehead atoms. The highest BCUT2D eigenvalue weighted by atomic mass is 16.1. The van der Waals surface area contributed by atoms with Crippen LogP contribution in [0.25, 0.3) is 5.70 Å². The van der Waals surface area contributed by atoms with Gasteiger partial charge in [-0.3, -0.25) is 4.79 Å². The monoisotopic (exact) mass is 173 g/mol. The lowest BCUT2D eigenvalue weighted by atomic mass is 10.0. The first-order valence-corrected chi connectivity index (χ1v) is 4.36. The topological polar surface area (TPSA) is 29.1 Å². The van der Waals surface area contributed by atoms with E-state index < -0.39 is 0 Å². The molecule has 66 valence electrons. The number of rotatable bonds is 1. The van der Waals surface area contributed by atoms with Gasteiger partial charge < -0.3 is 5.32 Å². The number of hydrogen-bond acceptors (Lipinski definition) is 1. The summed E-state index contributed by atoms with van der Waals surface area (Å²) in [7, 11) is 0. The number of aryl methyl sites for hydroxylation is 1. The van der Waals surface area contributed by atoms with Gasteiger partial charge in [0.05, 0.1) is 0 Å². The van der Waals surface area contributed by atoms with E-state index in [1.807, 2.05) is 18.2 Å². The summed E-state index contributed by atoms with van der Waals surface area (Å²) in [4.78, 5) is 11.4. The SMILES string of the molecule is C=C1NC(=O)c2cc(CC)ccc21. The average Bonchev–Trinajstić information content (AvgIpc) is 2.42. The Morgan fingerprint density at radius 2 is 2.15 bits per heavy atom. The number of amides is 1. The van der Waals surface area contributed by atoms with Crippen molar-refractivity contribution in [2.24, 2.45) is 0 Å². The van der Waals surface area contributed by atoms with E-state index in [2.05, 4.69) is 18.8 Å². The summed E-state index contributed by atoms with van der Waals surface area (Å²) in [5.74, 6) is -0.0321. The second kappa shape index (κ2) is 2.73. The molecular formula is C11H11NO. The fourth-order valence-electron chi connectivity index (χ4n) is 1.53. The van der Waals surface area contributed by atoms with E-state index in [9.17, 15) is 4.79 Å². The molecule has 1 aliphatic heterocycles. The molecule has 1 aliphatic rings. The van der Waals surface area contributed by atoms with Crippen LogP contribution >= 0.6 is 0 Å². The predicted molar refractivity (Wildman–Crippen MR) is 52.3 cm³/mol. The molecule has 13 heavy (non-hydrogen) atoms. The van der Waals surface area contributed by atoms with E-state index in [-0.39, 0.29) is 5.91 Å². The van der Waals surface area contributed by atoms with Crippen LogP contribution in [0.2, 0.25) is 0 Å². The molecule has 0 aromatic heterocycles. The molecule has 2 heteroatoms. The summed E-state index contributed by atoms with van der Waals surface area (Å²) in [6, 6.07) is 5.92. The van der Waals surface area contributed by atoms with E-state index in [1.54, 1.807) is 0 Å². The lowest BCUT2D eigenvalue weighted by Crippen LogP contribution is -2.11. The van der Waals surface area contributed by atoms with Crippen LogP contribution in [-0.4, -0.2) is 5.91 Å². The second-order valence-electron chi connectivity index (χ2n) is 3.17. The smallest absolute Gasteiger partial charge is 0.256 e. The molecule has 0 radical (unpaired) electrons. The van der Waals surface area contributed by atoms with Crippen molar-refractivity contribution in [2.45, 2.75) is 13.3 Å². The summed E-state index contributed by atoms with van der Waals surface area (Å²) in [6.45, 7) is 5.84. The lowest BCUT2D eigenvalue weighted by Gasteiger charge is -1.99. The molecule has 2 rings (SSSR count). The Morgan fingerprint density at radius 1 is 1.38 bits per heavy atom. The largest absolute Gasteiger partial charge is 0.322 e. The quantitative estimate of drug-likeness (QED) is 0.691. The third kappa shape index (κ3) is 1.15. The summed E-state index contributed by atoms with van der Waals surface area (Å²) in [5.41, 5.74) is 3.58. The van der Waals surface area contributed by atoms with Crippen LogP contribution in [0.1, 0.15) is 28.4 Å². The summed E-state index contributed by atoms with van der Waals surface area (Å²) >= 11 is 0. The van der Waals surface area contributed by atoms with Crippen molar-refractivity contribution in [1.29, 1.82) is 0 Å².